The van der Waals surface area contributed by atoms with Gasteiger partial charge in [0, 0.05) is 0 Å². The van der Waals surface area contributed by atoms with Gasteiger partial charge in [-0.05, 0) is 32.6 Å². The van der Waals surface area contributed by atoms with E-state index in [1.165, 1.54) is 64.2 Å². The van der Waals surface area contributed by atoms with Crippen LogP contribution in [0.15, 0.2) is 0 Å². The smallest absolute Gasteiger partial charge is 0.115 e. The van der Waals surface area contributed by atoms with E-state index in [0.29, 0.717) is 12.5 Å². The Bertz CT molecular complexity index is 324. The largest absolute Gasteiger partial charge is 0.780 e. The Morgan fingerprint density at radius 1 is 0.833 bits per heavy atom. The van der Waals surface area contributed by atoms with Crippen molar-refractivity contribution in [2.45, 2.75) is 111 Å². The van der Waals surface area contributed by atoms with Gasteiger partial charge < -0.3 is 13.9 Å². The molecule has 0 saturated carbocycles. The van der Waals surface area contributed by atoms with Crippen LogP contribution >= 0.6 is 6.72 Å². The van der Waals surface area contributed by atoms with E-state index in [1.54, 1.807) is 0 Å². The Labute approximate surface area is 156 Å². The predicted molar refractivity (Wildman–Crippen MR) is 107 cm³/mol. The molecule has 0 radical (unpaired) electrons. The Kier molecular flexibility index (Phi) is 16.1. The van der Waals surface area contributed by atoms with Crippen LogP contribution in [0.3, 0.4) is 0 Å². The SMILES string of the molecule is CCCCCCCCC(CCCCCC)COP([O-])(=S)OC(C)C. The van der Waals surface area contributed by atoms with Crippen molar-refractivity contribution in [2.75, 3.05) is 6.61 Å². The zero-order valence-electron chi connectivity index (χ0n) is 16.4. The van der Waals surface area contributed by atoms with Crippen LogP contribution < -0.4 is 4.89 Å². The monoisotopic (exact) mass is 379 g/mol. The number of unbranched alkanes of at least 4 members (excludes halogenated alkanes) is 8. The summed E-state index contributed by atoms with van der Waals surface area (Å²) in [5, 5.41) is 0. The van der Waals surface area contributed by atoms with E-state index in [2.05, 4.69) is 13.8 Å². The quantitative estimate of drug-likeness (QED) is 0.218. The van der Waals surface area contributed by atoms with Gasteiger partial charge in [-0.3, -0.25) is 0 Å². The highest BCUT2D eigenvalue weighted by atomic mass is 32.5. The zero-order chi connectivity index (χ0) is 18.3. The Balaban J connectivity index is 4.14. The third-order valence-corrected chi connectivity index (χ3v) is 5.96. The second-order valence-corrected chi connectivity index (χ2v) is 9.87. The molecular formula is C19H40O3PS-. The van der Waals surface area contributed by atoms with E-state index in [0.717, 1.165) is 12.8 Å². The van der Waals surface area contributed by atoms with Gasteiger partial charge in [0.25, 0.3) is 0 Å². The molecule has 0 aliphatic carbocycles. The molecule has 0 fully saturated rings. The average molecular weight is 380 g/mol. The number of hydrogen-bond donors (Lipinski definition) is 0. The minimum Gasteiger partial charge on any atom is -0.780 e. The number of hydrogen-bond acceptors (Lipinski definition) is 4. The molecule has 146 valence electrons. The molecule has 0 aromatic heterocycles. The van der Waals surface area contributed by atoms with Gasteiger partial charge in [0.2, 0.25) is 0 Å². The minimum absolute atomic E-state index is 0.157. The highest BCUT2D eigenvalue weighted by Gasteiger charge is 2.13. The summed E-state index contributed by atoms with van der Waals surface area (Å²) >= 11 is 4.99. The third-order valence-electron chi connectivity index (χ3n) is 4.24. The molecule has 5 heteroatoms. The van der Waals surface area contributed by atoms with Crippen LogP contribution in [0.4, 0.5) is 0 Å². The van der Waals surface area contributed by atoms with Crippen molar-refractivity contribution in [3.63, 3.8) is 0 Å². The Morgan fingerprint density at radius 2 is 1.29 bits per heavy atom. The molecule has 0 heterocycles. The van der Waals surface area contributed by atoms with Gasteiger partial charge in [-0.1, -0.05) is 89.9 Å². The molecule has 0 rings (SSSR count). The van der Waals surface area contributed by atoms with Gasteiger partial charge in [-0.25, -0.2) is 0 Å². The van der Waals surface area contributed by atoms with Crippen LogP contribution in [0.5, 0.6) is 0 Å². The lowest BCUT2D eigenvalue weighted by Gasteiger charge is -2.31. The first-order chi connectivity index (χ1) is 11.4. The van der Waals surface area contributed by atoms with E-state index >= 15 is 0 Å². The standard InChI is InChI=1S/C19H41O3PS/c1-5-7-9-11-12-14-16-19(15-13-10-8-6-2)17-21-23(20,24)22-18(3)4/h18-19H,5-17H2,1-4H3,(H,20,24)/p-1. The topological polar surface area (TPSA) is 41.5 Å². The molecule has 0 aliphatic heterocycles. The summed E-state index contributed by atoms with van der Waals surface area (Å²) in [6.45, 7) is 5.31. The molecular weight excluding hydrogens is 339 g/mol. The van der Waals surface area contributed by atoms with Crippen LogP contribution in [-0.2, 0) is 20.9 Å². The summed E-state index contributed by atoms with van der Waals surface area (Å²) in [4.78, 5) is 12.1. The van der Waals surface area contributed by atoms with E-state index in [4.69, 9.17) is 20.9 Å². The van der Waals surface area contributed by atoms with Crippen molar-refractivity contribution >= 4 is 18.5 Å². The zero-order valence-corrected chi connectivity index (χ0v) is 18.1. The van der Waals surface area contributed by atoms with E-state index in [1.807, 2.05) is 13.8 Å². The van der Waals surface area contributed by atoms with Crippen molar-refractivity contribution in [3.05, 3.63) is 0 Å². The normalized spacial score (nSPS) is 15.6. The van der Waals surface area contributed by atoms with Crippen molar-refractivity contribution in [3.8, 4) is 0 Å². The van der Waals surface area contributed by atoms with Crippen molar-refractivity contribution in [1.82, 2.24) is 0 Å². The second-order valence-electron chi connectivity index (χ2n) is 7.17. The van der Waals surface area contributed by atoms with Gasteiger partial charge in [0.1, 0.15) is 6.72 Å². The summed E-state index contributed by atoms with van der Waals surface area (Å²) in [6, 6.07) is 0. The van der Waals surface area contributed by atoms with Crippen molar-refractivity contribution < 1.29 is 13.9 Å². The first-order valence-electron chi connectivity index (χ1n) is 10.0. The maximum atomic E-state index is 12.1. The molecule has 0 bridgehead atoms. The Morgan fingerprint density at radius 3 is 1.79 bits per heavy atom. The van der Waals surface area contributed by atoms with Crippen LogP contribution in [0.1, 0.15) is 105 Å². The van der Waals surface area contributed by atoms with Crippen LogP contribution in [0.25, 0.3) is 0 Å². The predicted octanol–water partition coefficient (Wildman–Crippen LogP) is 6.35. The Hall–Kier alpha value is 0.530. The second kappa shape index (κ2) is 15.8. The van der Waals surface area contributed by atoms with Gasteiger partial charge in [-0.15, -0.1) is 0 Å². The van der Waals surface area contributed by atoms with Gasteiger partial charge in [-0.2, -0.15) is 0 Å². The molecule has 0 N–H and O–H groups in total. The van der Waals surface area contributed by atoms with Crippen LogP contribution in [0.2, 0.25) is 0 Å². The highest BCUT2D eigenvalue weighted by molar-refractivity contribution is 8.06. The molecule has 0 aromatic carbocycles. The molecule has 0 aliphatic rings. The summed E-state index contributed by atoms with van der Waals surface area (Å²) < 4.78 is 10.8. The first-order valence-corrected chi connectivity index (χ1v) is 12.6. The molecule has 2 atom stereocenters. The summed E-state index contributed by atoms with van der Waals surface area (Å²) in [5.41, 5.74) is 0. The fraction of sp³-hybridized carbons (Fsp3) is 1.00. The molecule has 3 nitrogen and oxygen atoms in total. The fourth-order valence-electron chi connectivity index (χ4n) is 2.87. The van der Waals surface area contributed by atoms with E-state index in [-0.39, 0.29) is 6.10 Å². The minimum atomic E-state index is -3.32. The van der Waals surface area contributed by atoms with Gasteiger partial charge in [0.05, 0.1) is 12.7 Å². The first kappa shape index (κ1) is 24.5. The molecule has 0 amide bonds. The lowest BCUT2D eigenvalue weighted by molar-refractivity contribution is -0.210. The molecule has 24 heavy (non-hydrogen) atoms. The summed E-state index contributed by atoms with van der Waals surface area (Å²) in [6.07, 6.45) is 15.0. The molecule has 0 aromatic rings. The maximum absolute atomic E-state index is 12.1. The average Bonchev–Trinajstić information content (AvgIpc) is 2.50. The van der Waals surface area contributed by atoms with E-state index in [9.17, 15) is 4.89 Å². The summed E-state index contributed by atoms with van der Waals surface area (Å²) in [5.74, 6) is 0.458. The van der Waals surface area contributed by atoms with Crippen molar-refractivity contribution in [2.24, 2.45) is 5.92 Å². The lowest BCUT2D eigenvalue weighted by Crippen LogP contribution is -2.17. The van der Waals surface area contributed by atoms with Gasteiger partial charge in [0.15, 0.2) is 0 Å². The molecule has 0 saturated heterocycles. The fourth-order valence-corrected chi connectivity index (χ4v) is 4.54. The summed E-state index contributed by atoms with van der Waals surface area (Å²) in [7, 11) is 0. The maximum Gasteiger partial charge on any atom is 0.115 e. The third kappa shape index (κ3) is 16.0. The molecule has 2 unspecified atom stereocenters. The van der Waals surface area contributed by atoms with Crippen molar-refractivity contribution in [1.29, 1.82) is 0 Å². The lowest BCUT2D eigenvalue weighted by atomic mass is 9.95. The van der Waals surface area contributed by atoms with Gasteiger partial charge >= 0.3 is 0 Å². The van der Waals surface area contributed by atoms with E-state index < -0.39 is 6.72 Å². The molecule has 0 spiro atoms. The number of rotatable bonds is 17. The highest BCUT2D eigenvalue weighted by Crippen LogP contribution is 2.41. The van der Waals surface area contributed by atoms with Crippen LogP contribution in [0, 0.1) is 5.92 Å². The van der Waals surface area contributed by atoms with Crippen LogP contribution in [-0.4, -0.2) is 12.7 Å².